The van der Waals surface area contributed by atoms with E-state index < -0.39 is 23.7 Å². The number of methoxy groups -OCH3 is 2. The number of hydrogen-bond donors (Lipinski definition) is 2. The maximum Gasteiger partial charge on any atom is 0.238 e. The van der Waals surface area contributed by atoms with Crippen molar-refractivity contribution in [3.63, 3.8) is 0 Å². The Morgan fingerprint density at radius 1 is 0.870 bits per heavy atom. The number of benzene rings is 3. The van der Waals surface area contributed by atoms with Crippen LogP contribution in [0, 0.1) is 17.8 Å². The first-order chi connectivity index (χ1) is 22.2. The second-order valence-corrected chi connectivity index (χ2v) is 12.6. The molecule has 7 rings (SSSR count). The lowest BCUT2D eigenvalue weighted by Crippen LogP contribution is -2.39. The number of rotatable bonds is 6. The molecule has 0 bridgehead atoms. The average Bonchev–Trinajstić information content (AvgIpc) is 3.33. The van der Waals surface area contributed by atoms with Crippen molar-refractivity contribution in [2.75, 3.05) is 24.4 Å². The maximum absolute atomic E-state index is 14.2. The highest BCUT2D eigenvalue weighted by molar-refractivity contribution is 9.12. The molecule has 0 radical (unpaired) electrons. The van der Waals surface area contributed by atoms with Crippen molar-refractivity contribution < 1.29 is 33.8 Å². The van der Waals surface area contributed by atoms with Gasteiger partial charge in [-0.05, 0) is 88.8 Å². The number of Topliss-reactive ketones (excluding diaryl/α,β-unsaturated/α-hetero) is 1. The first-order valence-corrected chi connectivity index (χ1v) is 15.6. The molecule has 3 aromatic rings. The first-order valence-electron chi connectivity index (χ1n) is 14.9. The molecule has 2 amide bonds. The first kappa shape index (κ1) is 29.7. The molecule has 1 saturated heterocycles. The van der Waals surface area contributed by atoms with Gasteiger partial charge in [-0.1, -0.05) is 29.8 Å². The fraction of sp³-hybridized carbons (Fsp3) is 0.222. The molecular formula is C36H29BrN2O7. The lowest BCUT2D eigenvalue weighted by Gasteiger charge is -2.42. The minimum Gasteiger partial charge on any atom is -0.502 e. The van der Waals surface area contributed by atoms with E-state index in [-0.39, 0.29) is 51.5 Å². The molecule has 1 aliphatic heterocycles. The van der Waals surface area contributed by atoms with Crippen molar-refractivity contribution in [1.29, 1.82) is 0 Å². The summed E-state index contributed by atoms with van der Waals surface area (Å²) in [6.45, 7) is 0. The van der Waals surface area contributed by atoms with Crippen LogP contribution in [-0.2, 0) is 19.2 Å². The molecule has 3 aromatic carbocycles. The van der Waals surface area contributed by atoms with Gasteiger partial charge in [-0.25, -0.2) is 0 Å². The van der Waals surface area contributed by atoms with Gasteiger partial charge in [0.1, 0.15) is 0 Å². The van der Waals surface area contributed by atoms with Gasteiger partial charge in [-0.15, -0.1) is 0 Å². The third kappa shape index (κ3) is 4.67. The molecule has 9 nitrogen and oxygen atoms in total. The summed E-state index contributed by atoms with van der Waals surface area (Å²) in [4.78, 5) is 56.5. The highest BCUT2D eigenvalue weighted by Gasteiger charge is 2.56. The summed E-state index contributed by atoms with van der Waals surface area (Å²) < 4.78 is 11.0. The summed E-state index contributed by atoms with van der Waals surface area (Å²) >= 11 is 3.25. The molecule has 4 aliphatic rings. The van der Waals surface area contributed by atoms with Crippen LogP contribution in [0.15, 0.2) is 100 Å². The molecular weight excluding hydrogens is 652 g/mol. The molecule has 0 aromatic heterocycles. The SMILES string of the molecule is COc1cc(C2C3=CCC4C(=O)N(c5ccc(Nc6ccccc6)cc5)C(=O)C4C3CC3=C2C(=O)C=C(Br)C3=O)cc(OC)c1O. The zero-order valence-electron chi connectivity index (χ0n) is 25.0. The number of allylic oxidation sites excluding steroid dienone is 6. The number of para-hydroxylation sites is 1. The van der Waals surface area contributed by atoms with Gasteiger partial charge in [0.2, 0.25) is 17.6 Å². The summed E-state index contributed by atoms with van der Waals surface area (Å²) in [6.07, 6.45) is 3.67. The van der Waals surface area contributed by atoms with Gasteiger partial charge in [-0.2, -0.15) is 0 Å². The normalized spacial score (nSPS) is 23.8. The molecule has 232 valence electrons. The number of imide groups is 1. The van der Waals surface area contributed by atoms with Crippen LogP contribution >= 0.6 is 15.9 Å². The van der Waals surface area contributed by atoms with Crippen LogP contribution in [0.5, 0.6) is 17.2 Å². The monoisotopic (exact) mass is 680 g/mol. The Hall–Kier alpha value is -4.96. The van der Waals surface area contributed by atoms with Crippen LogP contribution < -0.4 is 19.7 Å². The highest BCUT2D eigenvalue weighted by atomic mass is 79.9. The molecule has 0 spiro atoms. The number of amides is 2. The summed E-state index contributed by atoms with van der Waals surface area (Å²) in [5.41, 5.74) is 4.18. The fourth-order valence-electron chi connectivity index (χ4n) is 7.30. The number of nitrogens with one attached hydrogen (secondary N) is 1. The Morgan fingerprint density at radius 2 is 1.52 bits per heavy atom. The van der Waals surface area contributed by atoms with E-state index in [0.717, 1.165) is 16.9 Å². The minimum absolute atomic E-state index is 0.141. The number of nitrogens with zero attached hydrogens (tertiary/aromatic N) is 1. The number of phenolic OH excluding ortho intramolecular Hbond substituents is 1. The molecule has 0 saturated carbocycles. The summed E-state index contributed by atoms with van der Waals surface area (Å²) in [7, 11) is 2.82. The van der Waals surface area contributed by atoms with E-state index in [0.29, 0.717) is 28.8 Å². The van der Waals surface area contributed by atoms with Crippen molar-refractivity contribution in [2.45, 2.75) is 18.8 Å². The lowest BCUT2D eigenvalue weighted by molar-refractivity contribution is -0.123. The number of halogens is 1. The molecule has 1 fully saturated rings. The van der Waals surface area contributed by atoms with Gasteiger partial charge >= 0.3 is 0 Å². The van der Waals surface area contributed by atoms with Crippen LogP contribution in [0.25, 0.3) is 0 Å². The third-order valence-corrected chi connectivity index (χ3v) is 9.94. The molecule has 10 heteroatoms. The van der Waals surface area contributed by atoms with E-state index in [2.05, 4.69) is 21.2 Å². The summed E-state index contributed by atoms with van der Waals surface area (Å²) in [5, 5.41) is 13.9. The van der Waals surface area contributed by atoms with Gasteiger partial charge in [-0.3, -0.25) is 24.1 Å². The molecule has 2 N–H and O–H groups in total. The fourth-order valence-corrected chi connectivity index (χ4v) is 7.75. The summed E-state index contributed by atoms with van der Waals surface area (Å²) in [5.74, 6) is -3.73. The Morgan fingerprint density at radius 3 is 2.17 bits per heavy atom. The van der Waals surface area contributed by atoms with Crippen molar-refractivity contribution in [3.05, 3.63) is 106 Å². The third-order valence-electron chi connectivity index (χ3n) is 9.35. The molecule has 3 aliphatic carbocycles. The van der Waals surface area contributed by atoms with Gasteiger partial charge in [0, 0.05) is 34.5 Å². The van der Waals surface area contributed by atoms with Crippen molar-refractivity contribution in [3.8, 4) is 17.2 Å². The number of carbonyl (C=O) groups excluding carboxylic acids is 4. The topological polar surface area (TPSA) is 122 Å². The number of anilines is 3. The predicted molar refractivity (Wildman–Crippen MR) is 174 cm³/mol. The number of hydrogen-bond acceptors (Lipinski definition) is 8. The van der Waals surface area contributed by atoms with Crippen molar-refractivity contribution in [2.24, 2.45) is 17.8 Å². The Labute approximate surface area is 273 Å². The number of ketones is 2. The van der Waals surface area contributed by atoms with Crippen molar-refractivity contribution in [1.82, 2.24) is 0 Å². The van der Waals surface area contributed by atoms with E-state index in [1.165, 1.54) is 25.2 Å². The number of ether oxygens (including phenoxy) is 2. The number of fused-ring (bicyclic) bond motifs is 3. The number of aromatic hydroxyl groups is 1. The highest BCUT2D eigenvalue weighted by Crippen LogP contribution is 2.56. The Kier molecular flexibility index (Phi) is 7.39. The van der Waals surface area contributed by atoms with E-state index in [4.69, 9.17) is 9.47 Å². The quantitative estimate of drug-likeness (QED) is 0.181. The second-order valence-electron chi connectivity index (χ2n) is 11.7. The van der Waals surface area contributed by atoms with Gasteiger partial charge in [0.15, 0.2) is 23.1 Å². The van der Waals surface area contributed by atoms with E-state index >= 15 is 0 Å². The van der Waals surface area contributed by atoms with Crippen LogP contribution in [0.3, 0.4) is 0 Å². The number of phenols is 1. The average molecular weight is 682 g/mol. The largest absolute Gasteiger partial charge is 0.502 e. The van der Waals surface area contributed by atoms with Gasteiger partial charge < -0.3 is 19.9 Å². The van der Waals surface area contributed by atoms with Gasteiger partial charge in [0.05, 0.1) is 36.2 Å². The maximum atomic E-state index is 14.2. The standard InChI is InChI=1S/C36H29BrN2O7/c1-45-28-14-18(15-29(46-2)34(28)42)30-22-12-13-23-31(24(22)16-25-32(30)27(40)17-26(37)33(25)41)36(44)39(35(23)43)21-10-8-20(9-11-21)38-19-6-4-3-5-7-19/h3-12,14-15,17,23-24,30-31,38,42H,13,16H2,1-2H3. The number of carbonyl (C=O) groups is 4. The zero-order valence-corrected chi connectivity index (χ0v) is 26.5. The van der Waals surface area contributed by atoms with Crippen LogP contribution in [0.2, 0.25) is 0 Å². The molecule has 46 heavy (non-hydrogen) atoms. The van der Waals surface area contributed by atoms with Crippen LogP contribution in [0.1, 0.15) is 24.3 Å². The molecule has 1 heterocycles. The minimum atomic E-state index is -0.723. The second kappa shape index (κ2) is 11.4. The summed E-state index contributed by atoms with van der Waals surface area (Å²) in [6, 6.07) is 20.0. The zero-order chi connectivity index (χ0) is 32.3. The van der Waals surface area contributed by atoms with E-state index in [1.54, 1.807) is 24.3 Å². The molecule has 4 unspecified atom stereocenters. The van der Waals surface area contributed by atoms with E-state index in [9.17, 15) is 24.3 Å². The Bertz CT molecular complexity index is 1890. The van der Waals surface area contributed by atoms with Gasteiger partial charge in [0.25, 0.3) is 0 Å². The van der Waals surface area contributed by atoms with Crippen LogP contribution in [-0.4, -0.2) is 42.7 Å². The Balaban J connectivity index is 1.28. The predicted octanol–water partition coefficient (Wildman–Crippen LogP) is 6.12. The van der Waals surface area contributed by atoms with E-state index in [1.807, 2.05) is 48.5 Å². The van der Waals surface area contributed by atoms with Crippen LogP contribution in [0.4, 0.5) is 17.1 Å². The van der Waals surface area contributed by atoms with Crippen molar-refractivity contribution >= 4 is 56.4 Å². The smallest absolute Gasteiger partial charge is 0.238 e. The lowest BCUT2D eigenvalue weighted by atomic mass is 9.59. The molecule has 4 atom stereocenters.